The molecule has 3 heteroatoms. The Morgan fingerprint density at radius 3 is 2.32 bits per heavy atom. The predicted octanol–water partition coefficient (Wildman–Crippen LogP) is 3.61. The number of nitrogens with zero attached hydrogens (tertiary/aromatic N) is 2. The fraction of sp³-hybridized carbons (Fsp3) is 0. The van der Waals surface area contributed by atoms with Crippen LogP contribution in [0.25, 0.3) is 22.4 Å². The second kappa shape index (κ2) is 6.37. The molecular formula is C16H11IrN2-. The van der Waals surface area contributed by atoms with E-state index in [9.17, 15) is 0 Å². The molecule has 0 saturated heterocycles. The Bertz CT molecular complexity index is 563. The van der Waals surface area contributed by atoms with Crippen molar-refractivity contribution in [3.63, 3.8) is 0 Å². The van der Waals surface area contributed by atoms with E-state index in [4.69, 9.17) is 0 Å². The first-order valence-electron chi connectivity index (χ1n) is 5.77. The third-order valence-electron chi connectivity index (χ3n) is 2.78. The SMILES string of the molecule is [Ir].[c-]1cc(-c2ccccc2)ccc1-c1ccncn1. The van der Waals surface area contributed by atoms with Crippen molar-refractivity contribution in [1.82, 2.24) is 9.97 Å². The quantitative estimate of drug-likeness (QED) is 0.589. The first kappa shape index (κ1) is 13.6. The molecule has 1 aromatic heterocycles. The van der Waals surface area contributed by atoms with E-state index in [1.54, 1.807) is 12.5 Å². The van der Waals surface area contributed by atoms with Gasteiger partial charge in [0.25, 0.3) is 0 Å². The van der Waals surface area contributed by atoms with Crippen LogP contribution in [0.3, 0.4) is 0 Å². The summed E-state index contributed by atoms with van der Waals surface area (Å²) in [6, 6.07) is 21.5. The van der Waals surface area contributed by atoms with Gasteiger partial charge >= 0.3 is 0 Å². The fourth-order valence-corrected chi connectivity index (χ4v) is 1.84. The van der Waals surface area contributed by atoms with Crippen LogP contribution in [0, 0.1) is 6.07 Å². The summed E-state index contributed by atoms with van der Waals surface area (Å²) in [7, 11) is 0. The average molecular weight is 423 g/mol. The van der Waals surface area contributed by atoms with Crippen LogP contribution >= 0.6 is 0 Å². The molecule has 0 N–H and O–H groups in total. The van der Waals surface area contributed by atoms with E-state index in [-0.39, 0.29) is 20.1 Å². The van der Waals surface area contributed by atoms with Gasteiger partial charge in [0, 0.05) is 26.3 Å². The van der Waals surface area contributed by atoms with Crippen LogP contribution in [0.15, 0.2) is 67.1 Å². The van der Waals surface area contributed by atoms with Gasteiger partial charge in [-0.15, -0.1) is 29.8 Å². The molecule has 1 heterocycles. The van der Waals surface area contributed by atoms with E-state index in [1.807, 2.05) is 36.4 Å². The van der Waals surface area contributed by atoms with Crippen molar-refractivity contribution in [1.29, 1.82) is 0 Å². The van der Waals surface area contributed by atoms with Gasteiger partial charge in [-0.05, 0) is 5.69 Å². The smallest absolute Gasteiger partial charge is 0.105 e. The second-order valence-corrected chi connectivity index (χ2v) is 3.95. The molecule has 0 bridgehead atoms. The molecule has 2 aromatic carbocycles. The molecule has 0 aliphatic rings. The van der Waals surface area contributed by atoms with Crippen LogP contribution in [-0.2, 0) is 20.1 Å². The molecule has 0 atom stereocenters. The summed E-state index contributed by atoms with van der Waals surface area (Å²) < 4.78 is 0. The van der Waals surface area contributed by atoms with Crippen molar-refractivity contribution >= 4 is 0 Å². The van der Waals surface area contributed by atoms with Crippen LogP contribution in [0.4, 0.5) is 0 Å². The summed E-state index contributed by atoms with van der Waals surface area (Å²) >= 11 is 0. The molecule has 0 saturated carbocycles. The predicted molar refractivity (Wildman–Crippen MR) is 71.7 cm³/mol. The van der Waals surface area contributed by atoms with E-state index >= 15 is 0 Å². The van der Waals surface area contributed by atoms with Gasteiger partial charge in [0.1, 0.15) is 6.33 Å². The summed E-state index contributed by atoms with van der Waals surface area (Å²) in [5.74, 6) is 0. The maximum atomic E-state index is 4.21. The molecule has 0 fully saturated rings. The molecule has 0 amide bonds. The van der Waals surface area contributed by atoms with Gasteiger partial charge in [-0.2, -0.15) is 0 Å². The van der Waals surface area contributed by atoms with E-state index in [1.165, 1.54) is 5.56 Å². The largest absolute Gasteiger partial charge is 0.286 e. The van der Waals surface area contributed by atoms with Crippen LogP contribution in [0.5, 0.6) is 0 Å². The number of aromatic nitrogens is 2. The topological polar surface area (TPSA) is 25.8 Å². The van der Waals surface area contributed by atoms with Gasteiger partial charge < -0.3 is 0 Å². The minimum atomic E-state index is 0. The van der Waals surface area contributed by atoms with Crippen LogP contribution in [-0.4, -0.2) is 9.97 Å². The molecule has 1 radical (unpaired) electrons. The summed E-state index contributed by atoms with van der Waals surface area (Å²) in [5, 5.41) is 0. The summed E-state index contributed by atoms with van der Waals surface area (Å²) in [4.78, 5) is 8.12. The molecule has 0 unspecified atom stereocenters. The number of rotatable bonds is 2. The van der Waals surface area contributed by atoms with Crippen molar-refractivity contribution in [2.24, 2.45) is 0 Å². The van der Waals surface area contributed by atoms with Gasteiger partial charge in [0.2, 0.25) is 0 Å². The second-order valence-electron chi connectivity index (χ2n) is 3.95. The van der Waals surface area contributed by atoms with Crippen LogP contribution in [0.1, 0.15) is 0 Å². The van der Waals surface area contributed by atoms with E-state index in [0.29, 0.717) is 0 Å². The normalized spacial score (nSPS) is 9.68. The van der Waals surface area contributed by atoms with Gasteiger partial charge in [0.05, 0.1) is 0 Å². The third kappa shape index (κ3) is 3.14. The number of hydrogen-bond acceptors (Lipinski definition) is 2. The first-order valence-corrected chi connectivity index (χ1v) is 5.77. The van der Waals surface area contributed by atoms with Gasteiger partial charge in [0.15, 0.2) is 0 Å². The number of benzene rings is 2. The fourth-order valence-electron chi connectivity index (χ4n) is 1.84. The number of hydrogen-bond donors (Lipinski definition) is 0. The molecule has 19 heavy (non-hydrogen) atoms. The molecular weight excluding hydrogens is 412 g/mol. The summed E-state index contributed by atoms with van der Waals surface area (Å²) in [5.41, 5.74) is 4.23. The Labute approximate surface area is 125 Å². The van der Waals surface area contributed by atoms with E-state index in [2.05, 4.69) is 34.2 Å². The minimum absolute atomic E-state index is 0. The van der Waals surface area contributed by atoms with E-state index in [0.717, 1.165) is 16.8 Å². The Morgan fingerprint density at radius 1 is 0.842 bits per heavy atom. The maximum Gasteiger partial charge on any atom is 0.105 e. The Hall–Kier alpha value is -1.83. The monoisotopic (exact) mass is 424 g/mol. The van der Waals surface area contributed by atoms with Gasteiger partial charge in [-0.25, -0.2) is 4.98 Å². The van der Waals surface area contributed by atoms with Crippen molar-refractivity contribution in [3.8, 4) is 22.4 Å². The van der Waals surface area contributed by atoms with Crippen LogP contribution < -0.4 is 0 Å². The molecule has 0 spiro atoms. The van der Waals surface area contributed by atoms with Crippen molar-refractivity contribution in [2.75, 3.05) is 0 Å². The van der Waals surface area contributed by atoms with Crippen molar-refractivity contribution in [3.05, 3.63) is 73.2 Å². The summed E-state index contributed by atoms with van der Waals surface area (Å²) in [6.45, 7) is 0. The Morgan fingerprint density at radius 2 is 1.68 bits per heavy atom. The van der Waals surface area contributed by atoms with Crippen molar-refractivity contribution in [2.45, 2.75) is 0 Å². The molecule has 3 aromatic rings. The standard InChI is InChI=1S/C16H11N2.Ir/c1-2-4-13(5-3-1)14-6-8-15(9-7-14)16-10-11-17-12-18-16;/h1-8,10-12H;/q-1;. The molecule has 95 valence electrons. The average Bonchev–Trinajstić information content (AvgIpc) is 2.49. The van der Waals surface area contributed by atoms with Gasteiger partial charge in [-0.3, -0.25) is 4.98 Å². The Kier molecular flexibility index (Phi) is 4.56. The minimum Gasteiger partial charge on any atom is -0.286 e. The van der Waals surface area contributed by atoms with E-state index < -0.39 is 0 Å². The molecule has 3 rings (SSSR count). The molecule has 2 nitrogen and oxygen atoms in total. The zero-order valence-electron chi connectivity index (χ0n) is 10.1. The third-order valence-corrected chi connectivity index (χ3v) is 2.78. The zero-order valence-corrected chi connectivity index (χ0v) is 12.5. The Balaban J connectivity index is 0.00000133. The van der Waals surface area contributed by atoms with Crippen LogP contribution in [0.2, 0.25) is 0 Å². The molecule has 0 aliphatic carbocycles. The van der Waals surface area contributed by atoms with Gasteiger partial charge in [-0.1, -0.05) is 47.5 Å². The van der Waals surface area contributed by atoms with Crippen molar-refractivity contribution < 1.29 is 20.1 Å². The molecule has 0 aliphatic heterocycles. The summed E-state index contributed by atoms with van der Waals surface area (Å²) in [6.07, 6.45) is 3.29. The first-order chi connectivity index (χ1) is 8.93. The maximum absolute atomic E-state index is 4.21. The zero-order chi connectivity index (χ0) is 12.2.